The Bertz CT molecular complexity index is 809. The van der Waals surface area contributed by atoms with Crippen LogP contribution in [0.2, 0.25) is 0 Å². The molecule has 1 heterocycles. The van der Waals surface area contributed by atoms with Crippen molar-refractivity contribution in [2.45, 2.75) is 50.6 Å². The standard InChI is InChI=1S/C23H27FN2O/c1-15-13-18(14-19(24)21(15)16-10-11-16)22(17-7-4-3-5-8-17)25-23(27)20-9-6-12-26(20)2/h3-5,7-8,13-14,16,20,22H,6,9-12H2,1-2H3,(H,25,27). The van der Waals surface area contributed by atoms with Gasteiger partial charge in [0.1, 0.15) is 5.82 Å². The van der Waals surface area contributed by atoms with E-state index in [1.54, 1.807) is 6.07 Å². The minimum Gasteiger partial charge on any atom is -0.344 e. The maximum atomic E-state index is 14.9. The lowest BCUT2D eigenvalue weighted by atomic mass is 9.93. The van der Waals surface area contributed by atoms with Gasteiger partial charge in [-0.2, -0.15) is 0 Å². The Hall–Kier alpha value is -2.20. The van der Waals surface area contributed by atoms with Crippen LogP contribution in [0.15, 0.2) is 42.5 Å². The number of likely N-dealkylation sites (N-methyl/N-ethyl adjacent to an activating group) is 1. The number of hydrogen-bond donors (Lipinski definition) is 1. The molecule has 142 valence electrons. The van der Waals surface area contributed by atoms with Gasteiger partial charge in [-0.05, 0) is 80.4 Å². The monoisotopic (exact) mass is 366 g/mol. The highest BCUT2D eigenvalue weighted by molar-refractivity contribution is 5.83. The smallest absolute Gasteiger partial charge is 0.238 e. The lowest BCUT2D eigenvalue weighted by Crippen LogP contribution is -2.43. The average Bonchev–Trinajstić information content (AvgIpc) is 3.39. The van der Waals surface area contributed by atoms with Crippen LogP contribution < -0.4 is 5.32 Å². The Morgan fingerprint density at radius 1 is 1.15 bits per heavy atom. The number of aryl methyl sites for hydroxylation is 1. The zero-order valence-corrected chi connectivity index (χ0v) is 16.0. The fraction of sp³-hybridized carbons (Fsp3) is 0.435. The van der Waals surface area contributed by atoms with E-state index < -0.39 is 0 Å². The molecule has 2 aromatic rings. The van der Waals surface area contributed by atoms with Crippen molar-refractivity contribution in [3.63, 3.8) is 0 Å². The molecule has 1 N–H and O–H groups in total. The third kappa shape index (κ3) is 3.77. The van der Waals surface area contributed by atoms with Crippen LogP contribution in [0.3, 0.4) is 0 Å². The molecule has 0 radical (unpaired) electrons. The molecule has 1 saturated carbocycles. The van der Waals surface area contributed by atoms with E-state index in [0.29, 0.717) is 5.92 Å². The van der Waals surface area contributed by atoms with E-state index in [-0.39, 0.29) is 23.8 Å². The first-order valence-corrected chi connectivity index (χ1v) is 9.90. The molecule has 0 bridgehead atoms. The number of nitrogens with zero attached hydrogens (tertiary/aromatic N) is 1. The number of rotatable bonds is 5. The van der Waals surface area contributed by atoms with E-state index in [1.807, 2.05) is 50.4 Å². The number of benzene rings is 2. The molecule has 0 aromatic heterocycles. The Labute approximate surface area is 160 Å². The summed E-state index contributed by atoms with van der Waals surface area (Å²) in [5, 5.41) is 3.19. The number of hydrogen-bond acceptors (Lipinski definition) is 2. The number of nitrogens with one attached hydrogen (secondary N) is 1. The molecule has 3 nitrogen and oxygen atoms in total. The van der Waals surface area contributed by atoms with Gasteiger partial charge in [-0.3, -0.25) is 9.69 Å². The van der Waals surface area contributed by atoms with Crippen LogP contribution in [0.1, 0.15) is 59.9 Å². The second-order valence-corrected chi connectivity index (χ2v) is 8.00. The number of carbonyl (C=O) groups is 1. The minimum absolute atomic E-state index is 0.0215. The third-order valence-electron chi connectivity index (χ3n) is 5.92. The maximum absolute atomic E-state index is 14.9. The Kier molecular flexibility index (Phi) is 5.00. The van der Waals surface area contributed by atoms with Crippen LogP contribution in [0.25, 0.3) is 0 Å². The molecule has 1 aliphatic carbocycles. The molecule has 2 aromatic carbocycles. The van der Waals surface area contributed by atoms with Gasteiger partial charge in [0, 0.05) is 0 Å². The molecule has 1 aliphatic heterocycles. The number of amides is 1. The summed E-state index contributed by atoms with van der Waals surface area (Å²) in [4.78, 5) is 15.0. The molecular formula is C23H27FN2O. The van der Waals surface area contributed by atoms with Crippen molar-refractivity contribution < 1.29 is 9.18 Å². The Morgan fingerprint density at radius 2 is 1.89 bits per heavy atom. The van der Waals surface area contributed by atoms with Gasteiger partial charge in [-0.15, -0.1) is 0 Å². The van der Waals surface area contributed by atoms with Crippen LogP contribution in [0.5, 0.6) is 0 Å². The van der Waals surface area contributed by atoms with Gasteiger partial charge < -0.3 is 5.32 Å². The maximum Gasteiger partial charge on any atom is 0.238 e. The molecule has 2 atom stereocenters. The van der Waals surface area contributed by atoms with E-state index >= 15 is 0 Å². The van der Waals surface area contributed by atoms with Gasteiger partial charge in [0.05, 0.1) is 12.1 Å². The van der Waals surface area contributed by atoms with Crippen molar-refractivity contribution in [2.75, 3.05) is 13.6 Å². The molecule has 2 aliphatic rings. The van der Waals surface area contributed by atoms with Crippen LogP contribution >= 0.6 is 0 Å². The van der Waals surface area contributed by atoms with Gasteiger partial charge in [-0.25, -0.2) is 4.39 Å². The lowest BCUT2D eigenvalue weighted by Gasteiger charge is -2.25. The summed E-state index contributed by atoms with van der Waals surface area (Å²) < 4.78 is 14.9. The zero-order valence-electron chi connectivity index (χ0n) is 16.0. The normalized spacial score (nSPS) is 21.2. The van der Waals surface area contributed by atoms with Gasteiger partial charge in [0.2, 0.25) is 5.91 Å². The quantitative estimate of drug-likeness (QED) is 0.855. The molecule has 27 heavy (non-hydrogen) atoms. The topological polar surface area (TPSA) is 32.3 Å². The molecular weight excluding hydrogens is 339 g/mol. The third-order valence-corrected chi connectivity index (χ3v) is 5.92. The van der Waals surface area contributed by atoms with Gasteiger partial charge in [-0.1, -0.05) is 36.4 Å². The fourth-order valence-electron chi connectivity index (χ4n) is 4.32. The van der Waals surface area contributed by atoms with Crippen molar-refractivity contribution in [2.24, 2.45) is 0 Å². The molecule has 4 rings (SSSR count). The average molecular weight is 366 g/mol. The second kappa shape index (κ2) is 7.43. The summed E-state index contributed by atoms with van der Waals surface area (Å²) in [6, 6.07) is 13.1. The summed E-state index contributed by atoms with van der Waals surface area (Å²) >= 11 is 0. The predicted molar refractivity (Wildman–Crippen MR) is 105 cm³/mol. The van der Waals surface area contributed by atoms with E-state index in [2.05, 4.69) is 10.2 Å². The molecule has 1 amide bonds. The summed E-state index contributed by atoms with van der Waals surface area (Å²) in [6.07, 6.45) is 4.06. The van der Waals surface area contributed by atoms with Gasteiger partial charge in [0.15, 0.2) is 0 Å². The fourth-order valence-corrected chi connectivity index (χ4v) is 4.32. The molecule has 2 unspecified atom stereocenters. The molecule has 2 fully saturated rings. The van der Waals surface area contributed by atoms with Crippen LogP contribution in [-0.2, 0) is 4.79 Å². The van der Waals surface area contributed by atoms with Crippen molar-refractivity contribution in [1.29, 1.82) is 0 Å². The molecule has 1 saturated heterocycles. The summed E-state index contributed by atoms with van der Waals surface area (Å²) in [7, 11) is 1.99. The second-order valence-electron chi connectivity index (χ2n) is 8.00. The van der Waals surface area contributed by atoms with Crippen LogP contribution in [0, 0.1) is 12.7 Å². The summed E-state index contributed by atoms with van der Waals surface area (Å²) in [6.45, 7) is 2.92. The van der Waals surface area contributed by atoms with Crippen molar-refractivity contribution in [3.8, 4) is 0 Å². The molecule has 4 heteroatoms. The first-order chi connectivity index (χ1) is 13.0. The van der Waals surface area contributed by atoms with E-state index in [4.69, 9.17) is 0 Å². The Balaban J connectivity index is 1.67. The zero-order chi connectivity index (χ0) is 19.0. The van der Waals surface area contributed by atoms with Gasteiger partial charge in [0.25, 0.3) is 0 Å². The molecule has 0 spiro atoms. The lowest BCUT2D eigenvalue weighted by molar-refractivity contribution is -0.125. The predicted octanol–water partition coefficient (Wildman–Crippen LogP) is 4.31. The highest BCUT2D eigenvalue weighted by Gasteiger charge is 2.32. The highest BCUT2D eigenvalue weighted by atomic mass is 19.1. The largest absolute Gasteiger partial charge is 0.344 e. The number of likely N-dealkylation sites (tertiary alicyclic amines) is 1. The number of halogens is 1. The van der Waals surface area contributed by atoms with Crippen LogP contribution in [-0.4, -0.2) is 30.4 Å². The first kappa shape index (κ1) is 18.2. The van der Waals surface area contributed by atoms with Crippen LogP contribution in [0.4, 0.5) is 4.39 Å². The van der Waals surface area contributed by atoms with E-state index in [9.17, 15) is 9.18 Å². The van der Waals surface area contributed by atoms with E-state index in [0.717, 1.165) is 54.5 Å². The van der Waals surface area contributed by atoms with Crippen molar-refractivity contribution in [1.82, 2.24) is 10.2 Å². The first-order valence-electron chi connectivity index (χ1n) is 9.90. The minimum atomic E-state index is -0.339. The summed E-state index contributed by atoms with van der Waals surface area (Å²) in [5.41, 5.74) is 3.63. The SMILES string of the molecule is Cc1cc(C(NC(=O)C2CCCN2C)c2ccccc2)cc(F)c1C1CC1. The Morgan fingerprint density at radius 3 is 2.48 bits per heavy atom. The van der Waals surface area contributed by atoms with Crippen molar-refractivity contribution >= 4 is 5.91 Å². The number of carbonyl (C=O) groups excluding carboxylic acids is 1. The van der Waals surface area contributed by atoms with Gasteiger partial charge >= 0.3 is 0 Å². The summed E-state index contributed by atoms with van der Waals surface area (Å²) in [5.74, 6) is 0.254. The van der Waals surface area contributed by atoms with Crippen molar-refractivity contribution in [3.05, 3.63) is 70.5 Å². The highest BCUT2D eigenvalue weighted by Crippen LogP contribution is 2.43. The van der Waals surface area contributed by atoms with E-state index in [1.165, 1.54) is 0 Å².